The smallest absolute Gasteiger partial charge is 0.148 e. The molecule has 4 heterocycles. The largest absolute Gasteiger partial charge is 0.457 e. The van der Waals surface area contributed by atoms with Crippen molar-refractivity contribution in [2.45, 2.75) is 10.8 Å². The maximum absolute atomic E-state index is 7.29. The highest BCUT2D eigenvalue weighted by Gasteiger charge is 2.52. The molecule has 0 N–H and O–H groups in total. The van der Waals surface area contributed by atoms with Crippen LogP contribution in [0.25, 0.3) is 87.8 Å². The summed E-state index contributed by atoms with van der Waals surface area (Å²) in [6, 6.07) is 94.0. The molecular weight excluding hydrogens is 983 g/mol. The predicted molar refractivity (Wildman–Crippen MR) is 317 cm³/mol. The van der Waals surface area contributed by atoms with Crippen LogP contribution in [-0.4, -0.2) is 15.2 Å². The van der Waals surface area contributed by atoms with Gasteiger partial charge in [0, 0.05) is 49.9 Å². The van der Waals surface area contributed by atoms with Crippen LogP contribution < -0.4 is 9.47 Å². The van der Waals surface area contributed by atoms with Crippen molar-refractivity contribution in [3.63, 3.8) is 0 Å². The molecule has 79 heavy (non-hydrogen) atoms. The number of hydrogen-bond donors (Lipinski definition) is 0. The molecule has 2 aliphatic heterocycles. The first-order chi connectivity index (χ1) is 39.1. The Morgan fingerprint density at radius 1 is 0.278 bits per heavy atom. The standard InChI is InChI=1S/C73H43N3O2S/c1-3-17-44(18-4-1)64-38-34-48-39-50(40-55(69(48)74-64)47-32-36-62-67(42-47)77-65-30-16-15-29-60(65)72(62)56-25-11-7-21-51(56)52-22-8-12-26-57(52)72)46-31-35-61-66(41-46)78-68-43-49(71-76-75-70(79-71)45-19-5-2-6-20-45)33-37-63(68)73(61)58-27-13-9-23-53(58)54-24-10-14-28-59(54)73/h1-43H. The lowest BCUT2D eigenvalue weighted by Gasteiger charge is -2.39. The fourth-order valence-corrected chi connectivity index (χ4v) is 14.5. The van der Waals surface area contributed by atoms with E-state index in [1.807, 2.05) is 24.3 Å². The molecule has 0 bridgehead atoms. The number of para-hydroxylation sites is 1. The maximum Gasteiger partial charge on any atom is 0.148 e. The first-order valence-electron chi connectivity index (χ1n) is 26.8. The van der Waals surface area contributed by atoms with E-state index < -0.39 is 10.8 Å². The van der Waals surface area contributed by atoms with Gasteiger partial charge in [0.25, 0.3) is 0 Å². The number of rotatable bonds is 5. The molecule has 5 nitrogen and oxygen atoms in total. The topological polar surface area (TPSA) is 57.1 Å². The Hall–Kier alpha value is -10.0. The van der Waals surface area contributed by atoms with Crippen molar-refractivity contribution in [1.82, 2.24) is 15.2 Å². The van der Waals surface area contributed by atoms with E-state index in [0.29, 0.717) is 0 Å². The van der Waals surface area contributed by atoms with Gasteiger partial charge in [-0.15, -0.1) is 10.2 Å². The van der Waals surface area contributed by atoms with Crippen LogP contribution in [0.1, 0.15) is 44.5 Å². The van der Waals surface area contributed by atoms with Crippen LogP contribution in [0.4, 0.5) is 0 Å². The molecule has 0 unspecified atom stereocenters. The third-order valence-electron chi connectivity index (χ3n) is 17.0. The minimum Gasteiger partial charge on any atom is -0.457 e. The fraction of sp³-hybridized carbons (Fsp3) is 0.0274. The Balaban J connectivity index is 0.858. The summed E-state index contributed by atoms with van der Waals surface area (Å²) in [5.74, 6) is 3.28. The lowest BCUT2D eigenvalue weighted by atomic mass is 9.66. The molecule has 0 saturated carbocycles. The average Bonchev–Trinajstić information content (AvgIpc) is 4.33. The summed E-state index contributed by atoms with van der Waals surface area (Å²) in [4.78, 5) is 5.50. The first kappa shape index (κ1) is 44.2. The SMILES string of the molecule is c1ccc(-c2ccc3cc(-c4ccc5c(c4)Oc4cc(-c6nnc(-c7ccccc7)s6)ccc4C54c5ccccc5-c5ccccc54)cc(-c4ccc5c(c4)Oc4ccccc4C54c5ccccc5-c5ccccc54)c3n2)cc1. The number of benzene rings is 11. The molecule has 0 atom stereocenters. The Bertz CT molecular complexity index is 4610. The quantitative estimate of drug-likeness (QED) is 0.172. The van der Waals surface area contributed by atoms with Crippen LogP contribution in [0.3, 0.4) is 0 Å². The molecule has 2 spiro atoms. The number of nitrogens with zero attached hydrogens (tertiary/aromatic N) is 3. The van der Waals surface area contributed by atoms with E-state index in [4.69, 9.17) is 19.6 Å². The van der Waals surface area contributed by atoms with Crippen LogP contribution in [-0.2, 0) is 10.8 Å². The number of pyridine rings is 1. The van der Waals surface area contributed by atoms with Gasteiger partial charge in [0.15, 0.2) is 0 Å². The van der Waals surface area contributed by atoms with Crippen molar-refractivity contribution in [2.24, 2.45) is 0 Å². The molecule has 2 aromatic heterocycles. The summed E-state index contributed by atoms with van der Waals surface area (Å²) >= 11 is 1.59. The van der Waals surface area contributed by atoms with Crippen LogP contribution in [0.2, 0.25) is 0 Å². The summed E-state index contributed by atoms with van der Waals surface area (Å²) in [6.07, 6.45) is 0. The molecule has 17 rings (SSSR count). The predicted octanol–water partition coefficient (Wildman–Crippen LogP) is 18.4. The first-order valence-corrected chi connectivity index (χ1v) is 27.6. The van der Waals surface area contributed by atoms with Crippen LogP contribution in [0, 0.1) is 0 Å². The third kappa shape index (κ3) is 6.23. The van der Waals surface area contributed by atoms with Gasteiger partial charge in [-0.05, 0) is 104 Å². The van der Waals surface area contributed by atoms with Gasteiger partial charge in [0.05, 0.1) is 22.0 Å². The second kappa shape index (κ2) is 16.7. The molecule has 0 fully saturated rings. The minimum atomic E-state index is -0.644. The summed E-state index contributed by atoms with van der Waals surface area (Å²) < 4.78 is 14.4. The highest BCUT2D eigenvalue weighted by molar-refractivity contribution is 7.17. The maximum atomic E-state index is 7.29. The Morgan fingerprint density at radius 2 is 0.709 bits per heavy atom. The zero-order valence-electron chi connectivity index (χ0n) is 42.4. The number of ether oxygens (including phenoxy) is 2. The zero-order valence-corrected chi connectivity index (χ0v) is 43.2. The molecule has 2 aliphatic carbocycles. The van der Waals surface area contributed by atoms with E-state index in [1.165, 1.54) is 44.5 Å². The van der Waals surface area contributed by atoms with Gasteiger partial charge < -0.3 is 9.47 Å². The number of aromatic nitrogens is 3. The Morgan fingerprint density at radius 3 is 1.29 bits per heavy atom. The normalized spacial score (nSPS) is 14.0. The molecule has 13 aromatic rings. The van der Waals surface area contributed by atoms with Crippen LogP contribution in [0.5, 0.6) is 23.0 Å². The summed E-state index contributed by atoms with van der Waals surface area (Å²) in [7, 11) is 0. The van der Waals surface area contributed by atoms with Gasteiger partial charge in [-0.1, -0.05) is 230 Å². The Kier molecular flexibility index (Phi) is 9.36. The van der Waals surface area contributed by atoms with Crippen molar-refractivity contribution >= 4 is 22.2 Å². The monoisotopic (exact) mass is 1030 g/mol. The summed E-state index contributed by atoms with van der Waals surface area (Å²) in [5.41, 5.74) is 22.2. The van der Waals surface area contributed by atoms with Gasteiger partial charge in [0.1, 0.15) is 33.0 Å². The van der Waals surface area contributed by atoms with E-state index in [1.54, 1.807) is 11.3 Å². The highest BCUT2D eigenvalue weighted by Crippen LogP contribution is 2.64. The molecule has 0 amide bonds. The van der Waals surface area contributed by atoms with Crippen molar-refractivity contribution in [3.8, 4) is 99.9 Å². The lowest BCUT2D eigenvalue weighted by molar-refractivity contribution is 0.436. The van der Waals surface area contributed by atoms with Gasteiger partial charge in [-0.3, -0.25) is 0 Å². The van der Waals surface area contributed by atoms with Crippen molar-refractivity contribution in [1.29, 1.82) is 0 Å². The van der Waals surface area contributed by atoms with Gasteiger partial charge in [-0.2, -0.15) is 0 Å². The van der Waals surface area contributed by atoms with Crippen LogP contribution >= 0.6 is 11.3 Å². The van der Waals surface area contributed by atoms with Crippen molar-refractivity contribution < 1.29 is 9.47 Å². The fourth-order valence-electron chi connectivity index (χ4n) is 13.7. The van der Waals surface area contributed by atoms with E-state index in [0.717, 1.165) is 111 Å². The summed E-state index contributed by atoms with van der Waals surface area (Å²) in [6.45, 7) is 0. The second-order valence-electron chi connectivity index (χ2n) is 21.0. The minimum absolute atomic E-state index is 0.568. The Labute approximate surface area is 460 Å². The molecular formula is C73H43N3O2S. The second-order valence-corrected chi connectivity index (χ2v) is 21.9. The molecule has 11 aromatic carbocycles. The van der Waals surface area contributed by atoms with E-state index in [2.05, 4.69) is 242 Å². The molecule has 0 saturated heterocycles. The van der Waals surface area contributed by atoms with Gasteiger partial charge >= 0.3 is 0 Å². The van der Waals surface area contributed by atoms with Gasteiger partial charge in [0.2, 0.25) is 0 Å². The lowest BCUT2D eigenvalue weighted by Crippen LogP contribution is -2.32. The summed E-state index contributed by atoms with van der Waals surface area (Å²) in [5, 5.41) is 12.1. The zero-order chi connectivity index (χ0) is 51.8. The number of fused-ring (bicyclic) bond motifs is 19. The molecule has 6 heteroatoms. The molecule has 4 aliphatic rings. The number of hydrogen-bond acceptors (Lipinski definition) is 6. The highest BCUT2D eigenvalue weighted by atomic mass is 32.1. The van der Waals surface area contributed by atoms with Crippen LogP contribution in [0.15, 0.2) is 261 Å². The van der Waals surface area contributed by atoms with Crippen molar-refractivity contribution in [3.05, 3.63) is 305 Å². The average molecular weight is 1030 g/mol. The van der Waals surface area contributed by atoms with E-state index in [9.17, 15) is 0 Å². The molecule has 368 valence electrons. The van der Waals surface area contributed by atoms with Gasteiger partial charge in [-0.25, -0.2) is 4.98 Å². The van der Waals surface area contributed by atoms with E-state index in [-0.39, 0.29) is 0 Å². The molecule has 0 radical (unpaired) electrons. The van der Waals surface area contributed by atoms with Crippen molar-refractivity contribution in [2.75, 3.05) is 0 Å². The van der Waals surface area contributed by atoms with E-state index >= 15 is 0 Å². The third-order valence-corrected chi connectivity index (χ3v) is 18.0.